The molecule has 5 nitrogen and oxygen atoms in total. The van der Waals surface area contributed by atoms with Crippen molar-refractivity contribution in [2.75, 3.05) is 0 Å². The van der Waals surface area contributed by atoms with Gasteiger partial charge in [-0.2, -0.15) is 0 Å². The summed E-state index contributed by atoms with van der Waals surface area (Å²) in [5.74, 6) is 0. The quantitative estimate of drug-likeness (QED) is 0.247. The molecule has 0 spiro atoms. The van der Waals surface area contributed by atoms with Gasteiger partial charge in [-0.15, -0.1) is 6.58 Å². The van der Waals surface area contributed by atoms with Crippen molar-refractivity contribution < 1.29 is 25.5 Å². The average molecular weight is 318 g/mol. The predicted molar refractivity (Wildman–Crippen MR) is 87.5 cm³/mol. The Morgan fingerprint density at radius 1 is 0.727 bits per heavy atom. The van der Waals surface area contributed by atoms with Crippen LogP contribution < -0.4 is 0 Å². The molecule has 0 aliphatic carbocycles. The first-order valence-electron chi connectivity index (χ1n) is 8.40. The Kier molecular flexibility index (Phi) is 12.8. The number of rotatable bonds is 14. The van der Waals surface area contributed by atoms with Crippen LogP contribution in [0, 0.1) is 0 Å². The zero-order valence-electron chi connectivity index (χ0n) is 13.8. The van der Waals surface area contributed by atoms with Crippen molar-refractivity contribution in [3.05, 3.63) is 12.7 Å². The largest absolute Gasteiger partial charge is 0.393 e. The number of hydrogen-bond donors (Lipinski definition) is 5. The second kappa shape index (κ2) is 13.0. The van der Waals surface area contributed by atoms with Gasteiger partial charge in [-0.3, -0.25) is 0 Å². The van der Waals surface area contributed by atoms with E-state index in [1.165, 1.54) is 0 Å². The van der Waals surface area contributed by atoms with Crippen molar-refractivity contribution >= 4 is 0 Å². The van der Waals surface area contributed by atoms with E-state index in [-0.39, 0.29) is 25.7 Å². The Labute approximate surface area is 134 Å². The van der Waals surface area contributed by atoms with Crippen molar-refractivity contribution in [3.63, 3.8) is 0 Å². The Balaban J connectivity index is 3.88. The van der Waals surface area contributed by atoms with Crippen LogP contribution in [0.5, 0.6) is 0 Å². The van der Waals surface area contributed by atoms with E-state index in [1.54, 1.807) is 6.08 Å². The maximum absolute atomic E-state index is 9.86. The summed E-state index contributed by atoms with van der Waals surface area (Å²) in [6.07, 6.45) is 2.75. The molecule has 0 saturated heterocycles. The molecule has 0 heterocycles. The molecule has 0 aromatic heterocycles. The Hall–Kier alpha value is -0.460. The minimum atomic E-state index is -0.844. The van der Waals surface area contributed by atoms with Crippen LogP contribution in [0.2, 0.25) is 0 Å². The lowest BCUT2D eigenvalue weighted by atomic mass is 9.97. The highest BCUT2D eigenvalue weighted by molar-refractivity contribution is 4.76. The number of hydrogen-bond acceptors (Lipinski definition) is 5. The number of aliphatic hydroxyl groups is 5. The molecule has 0 aromatic rings. The standard InChI is InChI=1S/C17H34O5/c1-3-5-6-8-14(19)10-16(21)12-17(22)11-15(20)9-13(18)7-4-2/h4,13-22H,2-3,5-12H2,1H3. The third-order valence-electron chi connectivity index (χ3n) is 3.76. The molecule has 0 fully saturated rings. The lowest BCUT2D eigenvalue weighted by Gasteiger charge is -2.21. The molecular weight excluding hydrogens is 284 g/mol. The minimum absolute atomic E-state index is 0.108. The van der Waals surface area contributed by atoms with Crippen molar-refractivity contribution in [3.8, 4) is 0 Å². The SMILES string of the molecule is C=CCC(O)CC(O)CC(O)CC(O)CC(O)CCCCC. The first-order valence-corrected chi connectivity index (χ1v) is 8.40. The fourth-order valence-electron chi connectivity index (χ4n) is 2.58. The van der Waals surface area contributed by atoms with E-state index in [9.17, 15) is 25.5 Å². The molecule has 0 aromatic carbocycles. The minimum Gasteiger partial charge on any atom is -0.393 e. The smallest absolute Gasteiger partial charge is 0.0599 e. The van der Waals surface area contributed by atoms with Crippen molar-refractivity contribution in [2.45, 2.75) is 95.2 Å². The molecular formula is C17H34O5. The summed E-state index contributed by atoms with van der Waals surface area (Å²) < 4.78 is 0. The van der Waals surface area contributed by atoms with Gasteiger partial charge in [-0.25, -0.2) is 0 Å². The zero-order chi connectivity index (χ0) is 17.0. The summed E-state index contributed by atoms with van der Waals surface area (Å²) >= 11 is 0. The van der Waals surface area contributed by atoms with Crippen LogP contribution in [0.3, 0.4) is 0 Å². The van der Waals surface area contributed by atoms with Crippen LogP contribution in [-0.2, 0) is 0 Å². The summed E-state index contributed by atoms with van der Waals surface area (Å²) in [6, 6.07) is 0. The van der Waals surface area contributed by atoms with Gasteiger partial charge in [0.1, 0.15) is 0 Å². The molecule has 0 aliphatic heterocycles. The molecule has 0 bridgehead atoms. The van der Waals surface area contributed by atoms with E-state index >= 15 is 0 Å². The molecule has 0 saturated carbocycles. The van der Waals surface area contributed by atoms with Gasteiger partial charge in [0.2, 0.25) is 0 Å². The molecule has 0 radical (unpaired) electrons. The van der Waals surface area contributed by atoms with Gasteiger partial charge in [0, 0.05) is 0 Å². The molecule has 22 heavy (non-hydrogen) atoms. The van der Waals surface area contributed by atoms with Crippen LogP contribution in [0.25, 0.3) is 0 Å². The van der Waals surface area contributed by atoms with Crippen LogP contribution in [-0.4, -0.2) is 56.1 Å². The van der Waals surface area contributed by atoms with Crippen molar-refractivity contribution in [1.82, 2.24) is 0 Å². The molecule has 0 rings (SSSR count). The molecule has 5 unspecified atom stereocenters. The van der Waals surface area contributed by atoms with Crippen molar-refractivity contribution in [1.29, 1.82) is 0 Å². The first-order chi connectivity index (χ1) is 10.4. The number of unbranched alkanes of at least 4 members (excludes halogenated alkanes) is 2. The topological polar surface area (TPSA) is 101 Å². The van der Waals surface area contributed by atoms with Gasteiger partial charge in [-0.05, 0) is 38.5 Å². The summed E-state index contributed by atoms with van der Waals surface area (Å²) in [7, 11) is 0. The van der Waals surface area contributed by atoms with Gasteiger partial charge in [-0.1, -0.05) is 32.3 Å². The van der Waals surface area contributed by atoms with E-state index in [1.807, 2.05) is 0 Å². The fraction of sp³-hybridized carbons (Fsp3) is 0.882. The van der Waals surface area contributed by atoms with Gasteiger partial charge in [0.25, 0.3) is 0 Å². The summed E-state index contributed by atoms with van der Waals surface area (Å²) in [5.41, 5.74) is 0. The number of aliphatic hydroxyl groups excluding tert-OH is 5. The summed E-state index contributed by atoms with van der Waals surface area (Å²) in [4.78, 5) is 0. The van der Waals surface area contributed by atoms with Crippen molar-refractivity contribution in [2.24, 2.45) is 0 Å². The lowest BCUT2D eigenvalue weighted by molar-refractivity contribution is 0.00616. The van der Waals surface area contributed by atoms with Crippen LogP contribution in [0.4, 0.5) is 0 Å². The monoisotopic (exact) mass is 318 g/mol. The van der Waals surface area contributed by atoms with Gasteiger partial charge < -0.3 is 25.5 Å². The van der Waals surface area contributed by atoms with E-state index in [0.717, 1.165) is 19.3 Å². The maximum atomic E-state index is 9.86. The highest BCUT2D eigenvalue weighted by atomic mass is 16.3. The third kappa shape index (κ3) is 12.1. The van der Waals surface area contributed by atoms with Gasteiger partial charge >= 0.3 is 0 Å². The summed E-state index contributed by atoms with van der Waals surface area (Å²) in [5, 5.41) is 48.8. The van der Waals surface area contributed by atoms with E-state index in [4.69, 9.17) is 0 Å². The lowest BCUT2D eigenvalue weighted by Crippen LogP contribution is -2.27. The van der Waals surface area contributed by atoms with Crippen LogP contribution in [0.15, 0.2) is 12.7 Å². The molecule has 5 N–H and O–H groups in total. The van der Waals surface area contributed by atoms with Gasteiger partial charge in [0.15, 0.2) is 0 Å². The fourth-order valence-corrected chi connectivity index (χ4v) is 2.58. The molecule has 0 amide bonds. The van der Waals surface area contributed by atoms with E-state index < -0.39 is 30.5 Å². The summed E-state index contributed by atoms with van der Waals surface area (Å²) in [6.45, 7) is 5.61. The second-order valence-corrected chi connectivity index (χ2v) is 6.23. The third-order valence-corrected chi connectivity index (χ3v) is 3.76. The van der Waals surface area contributed by atoms with Crippen LogP contribution in [0.1, 0.15) is 64.7 Å². The normalized spacial score (nSPS) is 18.5. The first kappa shape index (κ1) is 21.5. The molecule has 0 aliphatic rings. The predicted octanol–water partition coefficient (Wildman–Crippen LogP) is 1.51. The molecule has 5 atom stereocenters. The zero-order valence-corrected chi connectivity index (χ0v) is 13.8. The second-order valence-electron chi connectivity index (χ2n) is 6.23. The highest BCUT2D eigenvalue weighted by Crippen LogP contribution is 2.15. The molecule has 132 valence electrons. The van der Waals surface area contributed by atoms with Crippen LogP contribution >= 0.6 is 0 Å². The van der Waals surface area contributed by atoms with E-state index in [2.05, 4.69) is 13.5 Å². The molecule has 5 heteroatoms. The highest BCUT2D eigenvalue weighted by Gasteiger charge is 2.20. The van der Waals surface area contributed by atoms with Gasteiger partial charge in [0.05, 0.1) is 30.5 Å². The van der Waals surface area contributed by atoms with E-state index in [0.29, 0.717) is 12.8 Å². The maximum Gasteiger partial charge on any atom is 0.0599 e. The Bertz CT molecular complexity index is 272. The Morgan fingerprint density at radius 2 is 1.18 bits per heavy atom. The average Bonchev–Trinajstić information content (AvgIpc) is 2.38. The Morgan fingerprint density at radius 3 is 1.64 bits per heavy atom.